The van der Waals surface area contributed by atoms with E-state index in [1.807, 2.05) is 64.1 Å². The number of ether oxygens (including phenoxy) is 2. The van der Waals surface area contributed by atoms with Crippen LogP contribution in [0.25, 0.3) is 10.8 Å². The molecule has 0 aliphatic heterocycles. The van der Waals surface area contributed by atoms with Gasteiger partial charge >= 0.3 is 5.97 Å². The summed E-state index contributed by atoms with van der Waals surface area (Å²) in [5, 5.41) is 21.8. The van der Waals surface area contributed by atoms with E-state index in [0.29, 0.717) is 17.0 Å². The van der Waals surface area contributed by atoms with E-state index in [2.05, 4.69) is 16.8 Å². The Kier molecular flexibility index (Phi) is 6.86. The van der Waals surface area contributed by atoms with E-state index >= 15 is 0 Å². The first-order valence-electron chi connectivity index (χ1n) is 10.8. The summed E-state index contributed by atoms with van der Waals surface area (Å²) in [6.45, 7) is 14.7. The van der Waals surface area contributed by atoms with Gasteiger partial charge in [0.15, 0.2) is 0 Å². The van der Waals surface area contributed by atoms with Crippen LogP contribution in [0.4, 0.5) is 11.4 Å². The summed E-state index contributed by atoms with van der Waals surface area (Å²) < 4.78 is 11.0. The maximum Gasteiger partial charge on any atom is 0.336 e. The van der Waals surface area contributed by atoms with Crippen LogP contribution in [0.3, 0.4) is 0 Å². The number of rotatable bonds is 6. The molecule has 0 heterocycles. The van der Waals surface area contributed by atoms with Crippen molar-refractivity contribution in [3.05, 3.63) is 71.8 Å². The number of aryl methyl sites for hydroxylation is 1. The average Bonchev–Trinajstić information content (AvgIpc) is 2.74. The zero-order valence-corrected chi connectivity index (χ0v) is 20.0. The molecule has 0 amide bonds. The summed E-state index contributed by atoms with van der Waals surface area (Å²) in [4.78, 5) is 11.8. The number of esters is 1. The summed E-state index contributed by atoms with van der Waals surface area (Å²) in [5.74, 6) is -0.104. The fourth-order valence-corrected chi connectivity index (χ4v) is 3.41. The molecule has 0 aliphatic rings. The van der Waals surface area contributed by atoms with Crippen molar-refractivity contribution in [1.29, 1.82) is 0 Å². The molecule has 1 unspecified atom stereocenters. The lowest BCUT2D eigenvalue weighted by atomic mass is 9.86. The Morgan fingerprint density at radius 1 is 1.03 bits per heavy atom. The number of carbonyl (C=O) groups is 1. The molecule has 0 fully saturated rings. The fourth-order valence-electron chi connectivity index (χ4n) is 3.41. The van der Waals surface area contributed by atoms with Gasteiger partial charge in [-0.1, -0.05) is 57.7 Å². The van der Waals surface area contributed by atoms with Gasteiger partial charge in [0.05, 0.1) is 5.69 Å². The Bertz CT molecular complexity index is 1240. The van der Waals surface area contributed by atoms with Crippen molar-refractivity contribution in [3.8, 4) is 11.5 Å². The Balaban J connectivity index is 2.01. The van der Waals surface area contributed by atoms with Crippen molar-refractivity contribution in [2.45, 2.75) is 53.2 Å². The Hall–Kier alpha value is -3.67. The van der Waals surface area contributed by atoms with Crippen LogP contribution >= 0.6 is 0 Å². The number of hydrogen-bond donors (Lipinski definition) is 1. The second-order valence-corrected chi connectivity index (χ2v) is 9.11. The zero-order valence-electron chi connectivity index (χ0n) is 20.0. The maximum absolute atomic E-state index is 11.8. The SMILES string of the molecule is C=C(C)C(=O)OC(C)Oc1cc(N=Nc2ccc(C)c3ccccc23)c(O)c(C(C)(C)C)c1. The van der Waals surface area contributed by atoms with Crippen LogP contribution in [-0.4, -0.2) is 17.4 Å². The van der Waals surface area contributed by atoms with Crippen LogP contribution in [0.15, 0.2) is 70.9 Å². The molecule has 172 valence electrons. The number of hydrogen-bond acceptors (Lipinski definition) is 6. The number of benzene rings is 3. The van der Waals surface area contributed by atoms with Gasteiger partial charge in [0.1, 0.15) is 17.2 Å². The molecular formula is C27H30N2O4. The van der Waals surface area contributed by atoms with E-state index in [4.69, 9.17) is 9.47 Å². The number of fused-ring (bicyclic) bond motifs is 1. The minimum absolute atomic E-state index is 0.0293. The summed E-state index contributed by atoms with van der Waals surface area (Å²) in [7, 11) is 0. The normalized spacial score (nSPS) is 12.7. The standard InChI is InChI=1S/C27H30N2O4/c1-16(2)26(31)33-18(4)32-19-14-22(27(5,6)7)25(30)24(15-19)29-28-23-13-12-17(3)20-10-8-9-11-21(20)23/h8-15,18,30H,1H2,2-7H3. The van der Waals surface area contributed by atoms with Gasteiger partial charge in [-0.05, 0) is 42.3 Å². The first kappa shape index (κ1) is 24.0. The summed E-state index contributed by atoms with van der Waals surface area (Å²) in [6, 6.07) is 15.2. The van der Waals surface area contributed by atoms with E-state index in [-0.39, 0.29) is 22.4 Å². The molecule has 3 rings (SSSR count). The molecule has 0 saturated heterocycles. The van der Waals surface area contributed by atoms with Gasteiger partial charge in [-0.3, -0.25) is 0 Å². The summed E-state index contributed by atoms with van der Waals surface area (Å²) >= 11 is 0. The lowest BCUT2D eigenvalue weighted by Crippen LogP contribution is -2.21. The number of nitrogens with zero attached hydrogens (tertiary/aromatic N) is 2. The van der Waals surface area contributed by atoms with Crippen molar-refractivity contribution < 1.29 is 19.4 Å². The van der Waals surface area contributed by atoms with E-state index in [1.54, 1.807) is 26.0 Å². The van der Waals surface area contributed by atoms with Gasteiger partial charge < -0.3 is 14.6 Å². The lowest BCUT2D eigenvalue weighted by molar-refractivity contribution is -0.156. The third-order valence-corrected chi connectivity index (χ3v) is 5.18. The van der Waals surface area contributed by atoms with Gasteiger partial charge in [0.25, 0.3) is 0 Å². The van der Waals surface area contributed by atoms with E-state index < -0.39 is 12.3 Å². The molecule has 3 aromatic rings. The van der Waals surface area contributed by atoms with Gasteiger partial charge in [-0.15, -0.1) is 10.2 Å². The molecule has 6 heteroatoms. The molecule has 0 spiro atoms. The predicted molar refractivity (Wildman–Crippen MR) is 131 cm³/mol. The Morgan fingerprint density at radius 3 is 2.30 bits per heavy atom. The molecule has 0 aliphatic carbocycles. The van der Waals surface area contributed by atoms with Crippen LogP contribution in [0, 0.1) is 6.92 Å². The van der Waals surface area contributed by atoms with Crippen LogP contribution in [-0.2, 0) is 14.9 Å². The molecule has 1 N–H and O–H groups in total. The highest BCUT2D eigenvalue weighted by atomic mass is 16.7. The number of phenolic OH excluding ortho intramolecular Hbond substituents is 1. The van der Waals surface area contributed by atoms with Gasteiger partial charge in [0, 0.05) is 29.5 Å². The van der Waals surface area contributed by atoms with Crippen molar-refractivity contribution >= 4 is 28.1 Å². The van der Waals surface area contributed by atoms with Crippen molar-refractivity contribution in [2.24, 2.45) is 10.2 Å². The number of azo groups is 1. The number of aromatic hydroxyl groups is 1. The molecule has 33 heavy (non-hydrogen) atoms. The van der Waals surface area contributed by atoms with Crippen LogP contribution in [0.1, 0.15) is 45.7 Å². The molecule has 3 aromatic carbocycles. The predicted octanol–water partition coefficient (Wildman–Crippen LogP) is 7.41. The smallest absolute Gasteiger partial charge is 0.336 e. The van der Waals surface area contributed by atoms with Crippen LogP contribution < -0.4 is 4.74 Å². The molecule has 0 aromatic heterocycles. The monoisotopic (exact) mass is 446 g/mol. The Morgan fingerprint density at radius 2 is 1.67 bits per heavy atom. The summed E-state index contributed by atoms with van der Waals surface area (Å²) in [6.07, 6.45) is -0.850. The van der Waals surface area contributed by atoms with E-state index in [9.17, 15) is 9.90 Å². The average molecular weight is 447 g/mol. The highest BCUT2D eigenvalue weighted by Crippen LogP contribution is 2.42. The lowest BCUT2D eigenvalue weighted by Gasteiger charge is -2.23. The van der Waals surface area contributed by atoms with E-state index in [0.717, 1.165) is 16.3 Å². The largest absolute Gasteiger partial charge is 0.505 e. The van der Waals surface area contributed by atoms with Gasteiger partial charge in [-0.2, -0.15) is 0 Å². The minimum atomic E-state index is -0.850. The maximum atomic E-state index is 11.8. The third-order valence-electron chi connectivity index (χ3n) is 5.18. The van der Waals surface area contributed by atoms with Gasteiger partial charge in [0.2, 0.25) is 6.29 Å². The van der Waals surface area contributed by atoms with Crippen LogP contribution in [0.2, 0.25) is 0 Å². The second kappa shape index (κ2) is 9.45. The first-order valence-corrected chi connectivity index (χ1v) is 10.8. The van der Waals surface area contributed by atoms with Crippen molar-refractivity contribution in [1.82, 2.24) is 0 Å². The summed E-state index contributed by atoms with van der Waals surface area (Å²) in [5.41, 5.74) is 2.65. The van der Waals surface area contributed by atoms with Crippen LogP contribution in [0.5, 0.6) is 11.5 Å². The highest BCUT2D eigenvalue weighted by Gasteiger charge is 2.23. The molecule has 1 atom stereocenters. The Labute approximate surface area is 194 Å². The number of phenols is 1. The minimum Gasteiger partial charge on any atom is -0.505 e. The van der Waals surface area contributed by atoms with Crippen molar-refractivity contribution in [2.75, 3.05) is 0 Å². The van der Waals surface area contributed by atoms with E-state index in [1.165, 1.54) is 0 Å². The molecule has 6 nitrogen and oxygen atoms in total. The highest BCUT2D eigenvalue weighted by molar-refractivity contribution is 5.94. The molecule has 0 saturated carbocycles. The zero-order chi connectivity index (χ0) is 24.3. The topological polar surface area (TPSA) is 80.5 Å². The molecular weight excluding hydrogens is 416 g/mol. The second-order valence-electron chi connectivity index (χ2n) is 9.11. The number of carbonyl (C=O) groups excluding carboxylic acids is 1. The molecule has 0 radical (unpaired) electrons. The van der Waals surface area contributed by atoms with Gasteiger partial charge in [-0.25, -0.2) is 4.79 Å². The molecule has 0 bridgehead atoms. The third kappa shape index (κ3) is 5.58. The fraction of sp³-hybridized carbons (Fsp3) is 0.296. The quantitative estimate of drug-likeness (QED) is 0.185. The first-order chi connectivity index (χ1) is 15.5. The van der Waals surface area contributed by atoms with Crippen molar-refractivity contribution in [3.63, 3.8) is 0 Å².